The number of hydrogen-bond donors (Lipinski definition) is 1. The quantitative estimate of drug-likeness (QED) is 0.918. The van der Waals surface area contributed by atoms with Gasteiger partial charge < -0.3 is 9.67 Å². The van der Waals surface area contributed by atoms with E-state index in [4.69, 9.17) is 0 Å². The van der Waals surface area contributed by atoms with Gasteiger partial charge in [-0.3, -0.25) is 0 Å². The molecule has 84 valence electrons. The first-order valence-corrected chi connectivity index (χ1v) is 5.80. The van der Waals surface area contributed by atoms with Crippen molar-refractivity contribution in [3.8, 4) is 0 Å². The Morgan fingerprint density at radius 3 is 2.75 bits per heavy atom. The molecule has 2 rings (SSSR count). The van der Waals surface area contributed by atoms with Crippen molar-refractivity contribution in [1.29, 1.82) is 0 Å². The molecule has 0 spiro atoms. The Morgan fingerprint density at radius 2 is 2.19 bits per heavy atom. The lowest BCUT2D eigenvalue weighted by Gasteiger charge is -2.12. The van der Waals surface area contributed by atoms with Crippen molar-refractivity contribution in [2.75, 3.05) is 0 Å². The summed E-state index contributed by atoms with van der Waals surface area (Å²) in [5.41, 5.74) is 1.99. The van der Waals surface area contributed by atoms with Crippen LogP contribution in [0, 0.1) is 6.92 Å². The number of nitrogens with zero attached hydrogens (tertiary/aromatic N) is 2. The molecule has 0 saturated carbocycles. The summed E-state index contributed by atoms with van der Waals surface area (Å²) in [5, 5.41) is 10.2. The first-order chi connectivity index (χ1) is 7.59. The second-order valence-corrected chi connectivity index (χ2v) is 4.66. The van der Waals surface area contributed by atoms with Crippen LogP contribution < -0.4 is 0 Å². The summed E-state index contributed by atoms with van der Waals surface area (Å²) in [5.74, 6) is 0.649. The van der Waals surface area contributed by atoms with Crippen molar-refractivity contribution < 1.29 is 5.11 Å². The summed E-state index contributed by atoms with van der Waals surface area (Å²) >= 11 is 3.46. The number of aryl methyl sites for hydroxylation is 2. The topological polar surface area (TPSA) is 38.1 Å². The molecule has 0 aliphatic heterocycles. The molecule has 0 aliphatic carbocycles. The van der Waals surface area contributed by atoms with Gasteiger partial charge in [0, 0.05) is 23.9 Å². The molecule has 1 heterocycles. The number of aliphatic hydroxyl groups excluding tert-OH is 1. The normalized spacial score (nSPS) is 12.8. The highest BCUT2D eigenvalue weighted by Crippen LogP contribution is 2.25. The molecule has 0 bridgehead atoms. The predicted octanol–water partition coefficient (Wildman–Crippen LogP) is 2.57. The van der Waals surface area contributed by atoms with Crippen LogP contribution in [0.2, 0.25) is 0 Å². The molecule has 0 aliphatic rings. The standard InChI is InChI=1S/C12H13BrN2O/c1-8-3-4-9(7-10(8)13)11(16)12-14-5-6-15(12)2/h3-7,11,16H,1-2H3. The molecular formula is C12H13BrN2O. The largest absolute Gasteiger partial charge is 0.380 e. The van der Waals surface area contributed by atoms with Gasteiger partial charge in [-0.15, -0.1) is 0 Å². The molecule has 1 aromatic carbocycles. The number of rotatable bonds is 2. The first-order valence-electron chi connectivity index (χ1n) is 5.01. The van der Waals surface area contributed by atoms with E-state index < -0.39 is 6.10 Å². The molecule has 4 heteroatoms. The Morgan fingerprint density at radius 1 is 1.44 bits per heavy atom. The van der Waals surface area contributed by atoms with E-state index in [1.54, 1.807) is 6.20 Å². The van der Waals surface area contributed by atoms with Gasteiger partial charge in [-0.2, -0.15) is 0 Å². The van der Waals surface area contributed by atoms with Gasteiger partial charge in [0.15, 0.2) is 0 Å². The fraction of sp³-hybridized carbons (Fsp3) is 0.250. The van der Waals surface area contributed by atoms with E-state index in [2.05, 4.69) is 20.9 Å². The third kappa shape index (κ3) is 2.03. The molecule has 0 fully saturated rings. The van der Waals surface area contributed by atoms with Gasteiger partial charge in [-0.1, -0.05) is 28.1 Å². The van der Waals surface area contributed by atoms with Crippen molar-refractivity contribution in [1.82, 2.24) is 9.55 Å². The number of halogens is 1. The Kier molecular flexibility index (Phi) is 3.12. The minimum absolute atomic E-state index is 0.649. The SMILES string of the molecule is Cc1ccc(C(O)c2nccn2C)cc1Br. The second kappa shape index (κ2) is 4.39. The average molecular weight is 281 g/mol. The van der Waals surface area contributed by atoms with E-state index in [0.717, 1.165) is 15.6 Å². The zero-order valence-electron chi connectivity index (χ0n) is 9.18. The molecule has 0 saturated heterocycles. The van der Waals surface area contributed by atoms with Crippen LogP contribution in [-0.4, -0.2) is 14.7 Å². The minimum atomic E-state index is -0.683. The molecule has 0 amide bonds. The Bertz CT molecular complexity index is 507. The van der Waals surface area contributed by atoms with Gasteiger partial charge in [0.2, 0.25) is 0 Å². The highest BCUT2D eigenvalue weighted by molar-refractivity contribution is 9.10. The molecule has 1 atom stereocenters. The van der Waals surface area contributed by atoms with Gasteiger partial charge in [0.25, 0.3) is 0 Å². The van der Waals surface area contributed by atoms with Crippen LogP contribution >= 0.6 is 15.9 Å². The smallest absolute Gasteiger partial charge is 0.142 e. The van der Waals surface area contributed by atoms with Gasteiger partial charge in [0.05, 0.1) is 0 Å². The van der Waals surface area contributed by atoms with Gasteiger partial charge >= 0.3 is 0 Å². The molecule has 16 heavy (non-hydrogen) atoms. The van der Waals surface area contributed by atoms with Crippen molar-refractivity contribution in [2.24, 2.45) is 7.05 Å². The molecule has 1 N–H and O–H groups in total. The molecule has 3 nitrogen and oxygen atoms in total. The Hall–Kier alpha value is -1.13. The van der Waals surface area contributed by atoms with Crippen molar-refractivity contribution >= 4 is 15.9 Å². The maximum absolute atomic E-state index is 10.2. The molecule has 1 unspecified atom stereocenters. The summed E-state index contributed by atoms with van der Waals surface area (Å²) in [6.07, 6.45) is 2.82. The monoisotopic (exact) mass is 280 g/mol. The lowest BCUT2D eigenvalue weighted by Crippen LogP contribution is -2.07. The minimum Gasteiger partial charge on any atom is -0.380 e. The van der Waals surface area contributed by atoms with E-state index in [0.29, 0.717) is 5.82 Å². The molecule has 0 radical (unpaired) electrons. The van der Waals surface area contributed by atoms with E-state index in [1.807, 2.05) is 42.9 Å². The van der Waals surface area contributed by atoms with E-state index >= 15 is 0 Å². The van der Waals surface area contributed by atoms with Gasteiger partial charge in [-0.25, -0.2) is 4.98 Å². The summed E-state index contributed by atoms with van der Waals surface area (Å²) in [6.45, 7) is 2.01. The molecule has 2 aromatic rings. The van der Waals surface area contributed by atoms with Crippen LogP contribution in [-0.2, 0) is 7.05 Å². The maximum Gasteiger partial charge on any atom is 0.142 e. The van der Waals surface area contributed by atoms with Gasteiger partial charge in [-0.05, 0) is 24.1 Å². The summed E-state index contributed by atoms with van der Waals surface area (Å²) in [7, 11) is 1.87. The van der Waals surface area contributed by atoms with Crippen LogP contribution in [0.1, 0.15) is 23.1 Å². The highest BCUT2D eigenvalue weighted by atomic mass is 79.9. The Labute approximate surface area is 103 Å². The number of aromatic nitrogens is 2. The summed E-state index contributed by atoms with van der Waals surface area (Å²) in [4.78, 5) is 4.14. The summed E-state index contributed by atoms with van der Waals surface area (Å²) in [6, 6.07) is 5.82. The fourth-order valence-corrected chi connectivity index (χ4v) is 1.97. The van der Waals surface area contributed by atoms with Crippen molar-refractivity contribution in [3.63, 3.8) is 0 Å². The number of imidazole rings is 1. The van der Waals surface area contributed by atoms with Gasteiger partial charge in [0.1, 0.15) is 11.9 Å². The van der Waals surface area contributed by atoms with Crippen LogP contribution in [0.3, 0.4) is 0 Å². The highest BCUT2D eigenvalue weighted by Gasteiger charge is 2.15. The average Bonchev–Trinajstić information content (AvgIpc) is 2.67. The van der Waals surface area contributed by atoms with Crippen molar-refractivity contribution in [3.05, 3.63) is 52.0 Å². The number of aliphatic hydroxyl groups is 1. The number of hydrogen-bond acceptors (Lipinski definition) is 2. The predicted molar refractivity (Wildman–Crippen MR) is 66.1 cm³/mol. The third-order valence-corrected chi connectivity index (χ3v) is 3.47. The van der Waals surface area contributed by atoms with Crippen LogP contribution in [0.15, 0.2) is 35.1 Å². The Balaban J connectivity index is 2.38. The first kappa shape index (κ1) is 11.4. The molecule has 1 aromatic heterocycles. The van der Waals surface area contributed by atoms with E-state index in [1.165, 1.54) is 0 Å². The molecular weight excluding hydrogens is 268 g/mol. The second-order valence-electron chi connectivity index (χ2n) is 3.81. The van der Waals surface area contributed by atoms with Crippen LogP contribution in [0.25, 0.3) is 0 Å². The lowest BCUT2D eigenvalue weighted by molar-refractivity contribution is 0.206. The zero-order valence-corrected chi connectivity index (χ0v) is 10.8. The zero-order chi connectivity index (χ0) is 11.7. The number of benzene rings is 1. The van der Waals surface area contributed by atoms with Crippen LogP contribution in [0.5, 0.6) is 0 Å². The lowest BCUT2D eigenvalue weighted by atomic mass is 10.1. The van der Waals surface area contributed by atoms with Crippen LogP contribution in [0.4, 0.5) is 0 Å². The van der Waals surface area contributed by atoms with Crippen molar-refractivity contribution in [2.45, 2.75) is 13.0 Å². The van der Waals surface area contributed by atoms with E-state index in [-0.39, 0.29) is 0 Å². The third-order valence-electron chi connectivity index (χ3n) is 2.61. The maximum atomic E-state index is 10.2. The summed E-state index contributed by atoms with van der Waals surface area (Å²) < 4.78 is 2.82. The fourth-order valence-electron chi connectivity index (χ4n) is 1.57. The van der Waals surface area contributed by atoms with E-state index in [9.17, 15) is 5.11 Å².